The van der Waals surface area contributed by atoms with Crippen molar-refractivity contribution in [2.75, 3.05) is 11.5 Å². The Kier molecular flexibility index (Phi) is 7.35. The number of halogens is 1. The summed E-state index contributed by atoms with van der Waals surface area (Å²) < 4.78 is 54.9. The molecule has 0 radical (unpaired) electrons. The van der Waals surface area contributed by atoms with Crippen molar-refractivity contribution in [2.24, 2.45) is 0 Å². The monoisotopic (exact) mass is 548 g/mol. The molecular formula is C24H25BrN2O4S2. The number of benzene rings is 3. The molecule has 3 aromatic rings. The van der Waals surface area contributed by atoms with Gasteiger partial charge < -0.3 is 5.32 Å². The molecule has 0 bridgehead atoms. The maximum atomic E-state index is 13.8. The van der Waals surface area contributed by atoms with Crippen molar-refractivity contribution in [3.8, 4) is 0 Å². The normalized spacial score (nSPS) is 20.2. The number of sulfone groups is 1. The van der Waals surface area contributed by atoms with Crippen molar-refractivity contribution in [2.45, 2.75) is 30.1 Å². The summed E-state index contributed by atoms with van der Waals surface area (Å²) in [6, 6.07) is 24.1. The molecule has 0 aliphatic carbocycles. The smallest absolute Gasteiger partial charge is 0.243 e. The number of hydrogen-bond donors (Lipinski definition) is 1. The minimum atomic E-state index is -3.96. The lowest BCUT2D eigenvalue weighted by molar-refractivity contribution is 0.286. The third-order valence-electron chi connectivity index (χ3n) is 5.71. The number of rotatable bonds is 8. The van der Waals surface area contributed by atoms with Crippen LogP contribution in [0.4, 0.5) is 0 Å². The van der Waals surface area contributed by atoms with E-state index in [1.165, 1.54) is 16.4 Å². The van der Waals surface area contributed by atoms with E-state index in [4.69, 9.17) is 0 Å². The van der Waals surface area contributed by atoms with Crippen molar-refractivity contribution >= 4 is 35.8 Å². The number of nitrogens with zero attached hydrogens (tertiary/aromatic N) is 1. The van der Waals surface area contributed by atoms with Crippen LogP contribution in [0.5, 0.6) is 0 Å². The summed E-state index contributed by atoms with van der Waals surface area (Å²) in [7, 11) is -7.37. The zero-order valence-electron chi connectivity index (χ0n) is 17.8. The Morgan fingerprint density at radius 2 is 1.42 bits per heavy atom. The lowest BCUT2D eigenvalue weighted by Gasteiger charge is -2.32. The lowest BCUT2D eigenvalue weighted by atomic mass is 10.1. The third kappa shape index (κ3) is 5.91. The second-order valence-electron chi connectivity index (χ2n) is 8.11. The number of nitrogens with one attached hydrogen (secondary N) is 1. The van der Waals surface area contributed by atoms with Gasteiger partial charge in [0.2, 0.25) is 10.0 Å². The average Bonchev–Trinajstić information content (AvgIpc) is 3.11. The molecule has 0 unspecified atom stereocenters. The Morgan fingerprint density at radius 1 is 0.848 bits per heavy atom. The molecule has 6 nitrogen and oxygen atoms in total. The molecule has 33 heavy (non-hydrogen) atoms. The first-order valence-electron chi connectivity index (χ1n) is 10.5. The van der Waals surface area contributed by atoms with Crippen LogP contribution in [0.25, 0.3) is 0 Å². The van der Waals surface area contributed by atoms with Gasteiger partial charge in [-0.1, -0.05) is 76.6 Å². The summed E-state index contributed by atoms with van der Waals surface area (Å²) in [4.78, 5) is 0.132. The Hall–Kier alpha value is -2.04. The maximum Gasteiger partial charge on any atom is 0.243 e. The minimum Gasteiger partial charge on any atom is -0.307 e. The van der Waals surface area contributed by atoms with Gasteiger partial charge in [0.05, 0.1) is 22.4 Å². The molecule has 1 saturated heterocycles. The molecule has 1 aliphatic heterocycles. The standard InChI is InChI=1S/C24H25BrN2O4S2/c25-21-11-13-22(14-12-21)33(30,31)27(16-20-9-5-2-6-10-20)24-18-32(28,29)17-23(24)26-15-19-7-3-1-4-8-19/h1-14,23-24,26H,15-18H2/t23-,24+/m0/s1. The summed E-state index contributed by atoms with van der Waals surface area (Å²) >= 11 is 3.34. The van der Waals surface area contributed by atoms with Crippen molar-refractivity contribution in [3.63, 3.8) is 0 Å². The fraction of sp³-hybridized carbons (Fsp3) is 0.250. The Labute approximate surface area is 203 Å². The highest BCUT2D eigenvalue weighted by Gasteiger charge is 2.45. The van der Waals surface area contributed by atoms with Crippen LogP contribution in [0.15, 0.2) is 94.3 Å². The Bertz CT molecular complexity index is 1280. The van der Waals surface area contributed by atoms with Crippen LogP contribution >= 0.6 is 15.9 Å². The molecule has 0 aromatic heterocycles. The van der Waals surface area contributed by atoms with E-state index in [0.717, 1.165) is 15.6 Å². The van der Waals surface area contributed by atoms with Gasteiger partial charge in [-0.25, -0.2) is 16.8 Å². The molecular weight excluding hydrogens is 524 g/mol. The van der Waals surface area contributed by atoms with E-state index >= 15 is 0 Å². The van der Waals surface area contributed by atoms with Crippen LogP contribution in [0, 0.1) is 0 Å². The Morgan fingerprint density at radius 3 is 2.03 bits per heavy atom. The molecule has 0 amide bonds. The fourth-order valence-corrected chi connectivity index (χ4v) is 8.00. The van der Waals surface area contributed by atoms with Crippen molar-refractivity contribution in [3.05, 3.63) is 101 Å². The molecule has 0 saturated carbocycles. The van der Waals surface area contributed by atoms with Crippen LogP contribution in [-0.2, 0) is 33.0 Å². The molecule has 3 aromatic carbocycles. The molecule has 1 heterocycles. The molecule has 174 valence electrons. The summed E-state index contributed by atoms with van der Waals surface area (Å²) in [5.41, 5.74) is 1.80. The predicted octanol–water partition coefficient (Wildman–Crippen LogP) is 3.60. The van der Waals surface area contributed by atoms with Gasteiger partial charge in [-0.15, -0.1) is 0 Å². The lowest BCUT2D eigenvalue weighted by Crippen LogP contribution is -2.51. The summed E-state index contributed by atoms with van der Waals surface area (Å²) in [5.74, 6) is -0.326. The van der Waals surface area contributed by atoms with Crippen molar-refractivity contribution < 1.29 is 16.8 Å². The van der Waals surface area contributed by atoms with Crippen LogP contribution < -0.4 is 5.32 Å². The van der Waals surface area contributed by atoms with Gasteiger partial charge in [0.1, 0.15) is 0 Å². The number of hydrogen-bond acceptors (Lipinski definition) is 5. The molecule has 0 spiro atoms. The SMILES string of the molecule is O=S1(=O)C[C@H](NCc2ccccc2)[C@H](N(Cc2ccccc2)S(=O)(=O)c2ccc(Br)cc2)C1. The van der Waals surface area contributed by atoms with Gasteiger partial charge in [-0.05, 0) is 35.4 Å². The molecule has 1 aliphatic rings. The highest BCUT2D eigenvalue weighted by atomic mass is 79.9. The summed E-state index contributed by atoms with van der Waals surface area (Å²) in [6.45, 7) is 0.540. The molecule has 4 rings (SSSR count). The summed E-state index contributed by atoms with van der Waals surface area (Å²) in [5, 5.41) is 3.31. The summed E-state index contributed by atoms with van der Waals surface area (Å²) in [6.07, 6.45) is 0. The van der Waals surface area contributed by atoms with E-state index in [1.807, 2.05) is 60.7 Å². The van der Waals surface area contributed by atoms with Gasteiger partial charge in [0, 0.05) is 23.6 Å². The van der Waals surface area contributed by atoms with Gasteiger partial charge >= 0.3 is 0 Å². The number of sulfonamides is 1. The second kappa shape index (κ2) is 10.1. The van der Waals surface area contributed by atoms with Gasteiger partial charge in [0.25, 0.3) is 0 Å². The Balaban J connectivity index is 1.69. The van der Waals surface area contributed by atoms with Gasteiger partial charge in [0.15, 0.2) is 9.84 Å². The molecule has 2 atom stereocenters. The predicted molar refractivity (Wildman–Crippen MR) is 133 cm³/mol. The largest absolute Gasteiger partial charge is 0.307 e. The first-order chi connectivity index (χ1) is 15.7. The maximum absolute atomic E-state index is 13.8. The fourth-order valence-electron chi connectivity index (χ4n) is 4.04. The van der Waals surface area contributed by atoms with E-state index in [1.54, 1.807) is 12.1 Å². The van der Waals surface area contributed by atoms with Crippen LogP contribution in [0.2, 0.25) is 0 Å². The van der Waals surface area contributed by atoms with Crippen molar-refractivity contribution in [1.82, 2.24) is 9.62 Å². The topological polar surface area (TPSA) is 83.6 Å². The molecule has 1 fully saturated rings. The zero-order chi connectivity index (χ0) is 23.5. The van der Waals surface area contributed by atoms with Gasteiger partial charge in [-0.2, -0.15) is 4.31 Å². The average molecular weight is 550 g/mol. The highest BCUT2D eigenvalue weighted by molar-refractivity contribution is 9.10. The minimum absolute atomic E-state index is 0.0863. The van der Waals surface area contributed by atoms with E-state index in [9.17, 15) is 16.8 Å². The van der Waals surface area contributed by atoms with E-state index in [-0.39, 0.29) is 22.9 Å². The van der Waals surface area contributed by atoms with Gasteiger partial charge in [-0.3, -0.25) is 0 Å². The quantitative estimate of drug-likeness (QED) is 0.465. The first kappa shape index (κ1) is 24.1. The highest BCUT2D eigenvalue weighted by Crippen LogP contribution is 2.28. The first-order valence-corrected chi connectivity index (χ1v) is 14.6. The second-order valence-corrected chi connectivity index (χ2v) is 13.1. The van der Waals surface area contributed by atoms with Crippen LogP contribution in [0.1, 0.15) is 11.1 Å². The van der Waals surface area contributed by atoms with E-state index in [2.05, 4.69) is 21.2 Å². The third-order valence-corrected chi connectivity index (χ3v) is 9.84. The van der Waals surface area contributed by atoms with Crippen molar-refractivity contribution in [1.29, 1.82) is 0 Å². The molecule has 9 heteroatoms. The molecule has 1 N–H and O–H groups in total. The van der Waals surface area contributed by atoms with Crippen LogP contribution in [-0.4, -0.2) is 44.7 Å². The zero-order valence-corrected chi connectivity index (χ0v) is 21.1. The van der Waals surface area contributed by atoms with E-state index < -0.39 is 31.9 Å². The van der Waals surface area contributed by atoms with E-state index in [0.29, 0.717) is 6.54 Å². The van der Waals surface area contributed by atoms with Crippen LogP contribution in [0.3, 0.4) is 0 Å².